The van der Waals surface area contributed by atoms with Gasteiger partial charge in [-0.25, -0.2) is 0 Å². The lowest BCUT2D eigenvalue weighted by molar-refractivity contribution is 0.218. The Morgan fingerprint density at radius 3 is 2.71 bits per heavy atom. The first-order valence-electron chi connectivity index (χ1n) is 5.20. The molecule has 0 saturated carbocycles. The maximum absolute atomic E-state index is 11.2. The Morgan fingerprint density at radius 1 is 1.53 bits per heavy atom. The Kier molecular flexibility index (Phi) is 4.31. The maximum atomic E-state index is 11.2. The molecule has 5 heteroatoms. The molecule has 1 aromatic carbocycles. The largest absolute Gasteiger partial charge is 0.489 e. The molecule has 1 aromatic rings. The third-order valence-corrected chi connectivity index (χ3v) is 3.10. The van der Waals surface area contributed by atoms with E-state index in [4.69, 9.17) is 9.29 Å². The predicted octanol–water partition coefficient (Wildman–Crippen LogP) is 2.59. The number of rotatable bonds is 5. The molecule has 0 fully saturated rings. The molecule has 94 valence electrons. The summed E-state index contributed by atoms with van der Waals surface area (Å²) in [7, 11) is -4.26. The molecule has 17 heavy (non-hydrogen) atoms. The van der Waals surface area contributed by atoms with Crippen molar-refractivity contribution >= 4 is 10.1 Å². The van der Waals surface area contributed by atoms with Crippen molar-refractivity contribution in [1.29, 1.82) is 0 Å². The van der Waals surface area contributed by atoms with Crippen LogP contribution in [-0.2, 0) is 10.1 Å². The summed E-state index contributed by atoms with van der Waals surface area (Å²) in [6.07, 6.45) is 2.08. The lowest BCUT2D eigenvalue weighted by Crippen LogP contribution is -2.13. The third kappa shape index (κ3) is 3.87. The van der Waals surface area contributed by atoms with E-state index in [9.17, 15) is 8.42 Å². The quantitative estimate of drug-likeness (QED) is 0.649. The van der Waals surface area contributed by atoms with E-state index in [1.165, 1.54) is 6.07 Å². The van der Waals surface area contributed by atoms with Crippen molar-refractivity contribution < 1.29 is 17.7 Å². The van der Waals surface area contributed by atoms with Crippen LogP contribution < -0.4 is 4.74 Å². The van der Waals surface area contributed by atoms with Crippen LogP contribution in [-0.4, -0.2) is 19.1 Å². The summed E-state index contributed by atoms with van der Waals surface area (Å²) >= 11 is 0. The Labute approximate surface area is 102 Å². The summed E-state index contributed by atoms with van der Waals surface area (Å²) in [4.78, 5) is -0.209. The first kappa shape index (κ1) is 13.7. The molecule has 0 aliphatic rings. The molecule has 1 rings (SSSR count). The summed E-state index contributed by atoms with van der Waals surface area (Å²) in [6.45, 7) is 7.21. The van der Waals surface area contributed by atoms with Crippen molar-refractivity contribution in [2.45, 2.75) is 31.3 Å². The normalized spacial score (nSPS) is 13.1. The van der Waals surface area contributed by atoms with Crippen LogP contribution in [0.4, 0.5) is 0 Å². The highest BCUT2D eigenvalue weighted by atomic mass is 32.2. The standard InChI is InChI=1S/C12H16O4S/c1-4-5-10(3)16-11-8-9(2)6-7-12(11)17(13,14)15/h4,6-8,10H,1,5H2,2-3H3,(H,13,14,15). The van der Waals surface area contributed by atoms with Gasteiger partial charge in [0.2, 0.25) is 0 Å². The maximum Gasteiger partial charge on any atom is 0.298 e. The number of hydrogen-bond donors (Lipinski definition) is 1. The molecule has 4 nitrogen and oxygen atoms in total. The number of aryl methyl sites for hydroxylation is 1. The molecule has 1 unspecified atom stereocenters. The topological polar surface area (TPSA) is 63.6 Å². The van der Waals surface area contributed by atoms with Gasteiger partial charge in [-0.3, -0.25) is 4.55 Å². The van der Waals surface area contributed by atoms with E-state index < -0.39 is 10.1 Å². The minimum absolute atomic E-state index is 0.168. The minimum atomic E-state index is -4.26. The van der Waals surface area contributed by atoms with Crippen molar-refractivity contribution in [3.8, 4) is 5.75 Å². The molecule has 0 aromatic heterocycles. The van der Waals surface area contributed by atoms with E-state index in [1.807, 2.05) is 6.92 Å². The zero-order chi connectivity index (χ0) is 13.1. The predicted molar refractivity (Wildman–Crippen MR) is 65.9 cm³/mol. The van der Waals surface area contributed by atoms with Crippen molar-refractivity contribution in [1.82, 2.24) is 0 Å². The molecule has 0 radical (unpaired) electrons. The Balaban J connectivity index is 3.12. The van der Waals surface area contributed by atoms with E-state index in [0.717, 1.165) is 5.56 Å². The second kappa shape index (κ2) is 5.33. The van der Waals surface area contributed by atoms with Crippen LogP contribution >= 0.6 is 0 Å². The van der Waals surface area contributed by atoms with Crippen molar-refractivity contribution in [3.05, 3.63) is 36.4 Å². The molecule has 0 aliphatic heterocycles. The SMILES string of the molecule is C=CCC(C)Oc1cc(C)ccc1S(=O)(=O)O. The summed E-state index contributed by atoms with van der Waals surface area (Å²) in [5, 5.41) is 0. The van der Waals surface area contributed by atoms with Crippen LogP contribution in [0.15, 0.2) is 35.7 Å². The lowest BCUT2D eigenvalue weighted by Gasteiger charge is -2.15. The van der Waals surface area contributed by atoms with Gasteiger partial charge in [0.1, 0.15) is 10.6 Å². The fraction of sp³-hybridized carbons (Fsp3) is 0.333. The van der Waals surface area contributed by atoms with Gasteiger partial charge >= 0.3 is 0 Å². The van der Waals surface area contributed by atoms with Crippen molar-refractivity contribution in [3.63, 3.8) is 0 Å². The van der Waals surface area contributed by atoms with E-state index in [2.05, 4.69) is 6.58 Å². The van der Waals surface area contributed by atoms with Crippen LogP contribution in [0.25, 0.3) is 0 Å². The van der Waals surface area contributed by atoms with Gasteiger partial charge in [-0.1, -0.05) is 12.1 Å². The van der Waals surface area contributed by atoms with Gasteiger partial charge in [0.15, 0.2) is 0 Å². The Hall–Kier alpha value is -1.33. The monoisotopic (exact) mass is 256 g/mol. The minimum Gasteiger partial charge on any atom is -0.489 e. The average molecular weight is 256 g/mol. The molecule has 1 atom stereocenters. The fourth-order valence-electron chi connectivity index (χ4n) is 1.42. The molecule has 1 N–H and O–H groups in total. The summed E-state index contributed by atoms with van der Waals surface area (Å²) in [5.74, 6) is 0.168. The zero-order valence-corrected chi connectivity index (χ0v) is 10.7. The highest BCUT2D eigenvalue weighted by molar-refractivity contribution is 7.86. The third-order valence-electron chi connectivity index (χ3n) is 2.20. The number of ether oxygens (including phenoxy) is 1. The number of hydrogen-bond acceptors (Lipinski definition) is 3. The molecular weight excluding hydrogens is 240 g/mol. The van der Waals surface area contributed by atoms with Gasteiger partial charge < -0.3 is 4.74 Å². The molecule has 0 heterocycles. The van der Waals surface area contributed by atoms with Gasteiger partial charge in [0.05, 0.1) is 6.10 Å². The van der Waals surface area contributed by atoms with Crippen LogP contribution in [0.1, 0.15) is 18.9 Å². The second-order valence-electron chi connectivity index (χ2n) is 3.88. The van der Waals surface area contributed by atoms with Crippen molar-refractivity contribution in [2.24, 2.45) is 0 Å². The molecular formula is C12H16O4S. The second-order valence-corrected chi connectivity index (χ2v) is 5.27. The van der Waals surface area contributed by atoms with Crippen LogP contribution in [0.2, 0.25) is 0 Å². The summed E-state index contributed by atoms with van der Waals surface area (Å²) < 4.78 is 36.9. The van der Waals surface area contributed by atoms with Crippen LogP contribution in [0, 0.1) is 6.92 Å². The first-order valence-corrected chi connectivity index (χ1v) is 6.64. The van der Waals surface area contributed by atoms with Gasteiger partial charge in [-0.15, -0.1) is 6.58 Å². The van der Waals surface area contributed by atoms with Crippen LogP contribution in [0.3, 0.4) is 0 Å². The highest BCUT2D eigenvalue weighted by Crippen LogP contribution is 2.26. The van der Waals surface area contributed by atoms with E-state index in [1.54, 1.807) is 25.1 Å². The Bertz CT molecular complexity index is 505. The van der Waals surface area contributed by atoms with Gasteiger partial charge in [0.25, 0.3) is 10.1 Å². The highest BCUT2D eigenvalue weighted by Gasteiger charge is 2.18. The number of benzene rings is 1. The Morgan fingerprint density at radius 2 is 2.18 bits per heavy atom. The van der Waals surface area contributed by atoms with Gasteiger partial charge in [0, 0.05) is 6.42 Å². The molecule has 0 spiro atoms. The lowest BCUT2D eigenvalue weighted by atomic mass is 10.2. The van der Waals surface area contributed by atoms with E-state index in [0.29, 0.717) is 6.42 Å². The van der Waals surface area contributed by atoms with E-state index >= 15 is 0 Å². The summed E-state index contributed by atoms with van der Waals surface area (Å²) in [6, 6.07) is 4.53. The van der Waals surface area contributed by atoms with E-state index in [-0.39, 0.29) is 16.7 Å². The zero-order valence-electron chi connectivity index (χ0n) is 9.88. The fourth-order valence-corrected chi connectivity index (χ4v) is 2.02. The van der Waals surface area contributed by atoms with Crippen LogP contribution in [0.5, 0.6) is 5.75 Å². The molecule has 0 saturated heterocycles. The smallest absolute Gasteiger partial charge is 0.298 e. The van der Waals surface area contributed by atoms with Crippen molar-refractivity contribution in [2.75, 3.05) is 0 Å². The summed E-state index contributed by atoms with van der Waals surface area (Å²) in [5.41, 5.74) is 0.859. The molecule has 0 bridgehead atoms. The van der Waals surface area contributed by atoms with Gasteiger partial charge in [-0.2, -0.15) is 8.42 Å². The van der Waals surface area contributed by atoms with Gasteiger partial charge in [-0.05, 0) is 31.5 Å². The molecule has 0 amide bonds. The molecule has 0 aliphatic carbocycles. The first-order chi connectivity index (χ1) is 7.84. The average Bonchev–Trinajstić information content (AvgIpc) is 2.15.